The van der Waals surface area contributed by atoms with Crippen LogP contribution in [0.4, 0.5) is 11.4 Å². The average Bonchev–Trinajstić information content (AvgIpc) is 2.84. The van der Waals surface area contributed by atoms with Crippen LogP contribution in [0, 0.1) is 0 Å². The Labute approximate surface area is 137 Å². The first-order valence-corrected chi connectivity index (χ1v) is 8.07. The van der Waals surface area contributed by atoms with Crippen molar-refractivity contribution in [3.63, 3.8) is 0 Å². The van der Waals surface area contributed by atoms with Gasteiger partial charge in [0.05, 0.1) is 5.41 Å². The number of benzene rings is 3. The third kappa shape index (κ3) is 2.12. The second kappa shape index (κ2) is 5.20. The van der Waals surface area contributed by atoms with Gasteiger partial charge in [-0.2, -0.15) is 4.58 Å². The van der Waals surface area contributed by atoms with Gasteiger partial charge in [0.15, 0.2) is 0 Å². The van der Waals surface area contributed by atoms with Gasteiger partial charge in [-0.1, -0.05) is 54.6 Å². The molecular formula is C22H20N+. The number of hydrogen-bond acceptors (Lipinski definition) is 0. The lowest BCUT2D eigenvalue weighted by atomic mass is 9.79. The van der Waals surface area contributed by atoms with Gasteiger partial charge in [0.25, 0.3) is 0 Å². The van der Waals surface area contributed by atoms with E-state index in [0.717, 1.165) is 0 Å². The predicted octanol–water partition coefficient (Wildman–Crippen LogP) is 5.30. The second-order valence-electron chi connectivity index (χ2n) is 6.53. The van der Waals surface area contributed by atoms with Crippen molar-refractivity contribution in [3.8, 4) is 0 Å². The van der Waals surface area contributed by atoms with Gasteiger partial charge in [0, 0.05) is 29.3 Å². The van der Waals surface area contributed by atoms with Crippen LogP contribution in [-0.4, -0.2) is 5.71 Å². The van der Waals surface area contributed by atoms with E-state index >= 15 is 0 Å². The molecule has 1 aliphatic rings. The van der Waals surface area contributed by atoms with E-state index in [2.05, 4.69) is 103 Å². The predicted molar refractivity (Wildman–Crippen MR) is 97.9 cm³/mol. The van der Waals surface area contributed by atoms with Gasteiger partial charge in [-0.3, -0.25) is 0 Å². The van der Waals surface area contributed by atoms with Crippen molar-refractivity contribution < 1.29 is 0 Å². The number of para-hydroxylation sites is 2. The zero-order valence-corrected chi connectivity index (χ0v) is 13.5. The van der Waals surface area contributed by atoms with Crippen molar-refractivity contribution >= 4 is 17.1 Å². The van der Waals surface area contributed by atoms with Gasteiger partial charge in [-0.05, 0) is 26.0 Å². The summed E-state index contributed by atoms with van der Waals surface area (Å²) in [4.78, 5) is 0. The summed E-state index contributed by atoms with van der Waals surface area (Å²) in [6.07, 6.45) is 0. The van der Waals surface area contributed by atoms with E-state index in [0.29, 0.717) is 0 Å². The molecule has 0 aromatic heterocycles. The monoisotopic (exact) mass is 298 g/mol. The van der Waals surface area contributed by atoms with Gasteiger partial charge < -0.3 is 0 Å². The Bertz CT molecular complexity index is 874. The van der Waals surface area contributed by atoms with Gasteiger partial charge in [0.2, 0.25) is 17.1 Å². The van der Waals surface area contributed by atoms with E-state index in [1.165, 1.54) is 28.2 Å². The first-order chi connectivity index (χ1) is 11.2. The molecule has 0 amide bonds. The highest BCUT2D eigenvalue weighted by molar-refractivity contribution is 6.14. The van der Waals surface area contributed by atoms with E-state index in [1.54, 1.807) is 0 Å². The standard InChI is InChI=1S/C22H20N/c1-22(2)19-15-9-10-16-20(19)23(18-13-7-4-8-14-18)21(22)17-11-5-3-6-12-17/h3-16H,1-2H3/q+1. The van der Waals surface area contributed by atoms with Crippen molar-refractivity contribution in [1.29, 1.82) is 0 Å². The maximum absolute atomic E-state index is 2.41. The first kappa shape index (κ1) is 14.0. The molecule has 1 aliphatic heterocycles. The largest absolute Gasteiger partial charge is 0.215 e. The minimum absolute atomic E-state index is 0.0339. The molecular weight excluding hydrogens is 278 g/mol. The van der Waals surface area contributed by atoms with Crippen LogP contribution < -0.4 is 4.58 Å². The summed E-state index contributed by atoms with van der Waals surface area (Å²) in [7, 11) is 0. The molecule has 0 aliphatic carbocycles. The molecule has 23 heavy (non-hydrogen) atoms. The topological polar surface area (TPSA) is 3.01 Å². The highest BCUT2D eigenvalue weighted by Gasteiger charge is 2.46. The average molecular weight is 298 g/mol. The Balaban J connectivity index is 2.08. The maximum Gasteiger partial charge on any atom is 0.215 e. The Morgan fingerprint density at radius 3 is 1.91 bits per heavy atom. The van der Waals surface area contributed by atoms with Crippen LogP contribution in [0.5, 0.6) is 0 Å². The quantitative estimate of drug-likeness (QED) is 0.565. The molecule has 3 aromatic rings. The van der Waals surface area contributed by atoms with E-state index in [9.17, 15) is 0 Å². The van der Waals surface area contributed by atoms with E-state index in [-0.39, 0.29) is 5.41 Å². The van der Waals surface area contributed by atoms with Gasteiger partial charge in [0.1, 0.15) is 0 Å². The lowest BCUT2D eigenvalue weighted by Crippen LogP contribution is -2.30. The Hall–Kier alpha value is -2.67. The van der Waals surface area contributed by atoms with Crippen molar-refractivity contribution in [2.45, 2.75) is 19.3 Å². The van der Waals surface area contributed by atoms with E-state index in [4.69, 9.17) is 0 Å². The molecule has 3 aromatic carbocycles. The molecule has 0 radical (unpaired) electrons. The second-order valence-corrected chi connectivity index (χ2v) is 6.53. The lowest BCUT2D eigenvalue weighted by molar-refractivity contribution is 0.735. The summed E-state index contributed by atoms with van der Waals surface area (Å²) in [5.41, 5.74) is 6.45. The molecule has 1 nitrogen and oxygen atoms in total. The fourth-order valence-corrected chi connectivity index (χ4v) is 3.66. The SMILES string of the molecule is CC1(C)C(c2ccccc2)=[N+](c2ccccc2)c2ccccc21. The Kier molecular flexibility index (Phi) is 3.16. The smallest absolute Gasteiger partial charge is 0.156 e. The number of fused-ring (bicyclic) bond motifs is 1. The van der Waals surface area contributed by atoms with Crippen LogP contribution in [0.25, 0.3) is 0 Å². The van der Waals surface area contributed by atoms with Gasteiger partial charge in [-0.15, -0.1) is 0 Å². The normalized spacial score (nSPS) is 15.6. The number of rotatable bonds is 2. The highest BCUT2D eigenvalue weighted by Crippen LogP contribution is 2.43. The third-order valence-electron chi connectivity index (χ3n) is 4.70. The summed E-state index contributed by atoms with van der Waals surface area (Å²) in [5, 5.41) is 0. The Morgan fingerprint density at radius 2 is 1.22 bits per heavy atom. The molecule has 0 spiro atoms. The van der Waals surface area contributed by atoms with Crippen LogP contribution in [0.2, 0.25) is 0 Å². The van der Waals surface area contributed by atoms with E-state index in [1.807, 2.05) is 0 Å². The van der Waals surface area contributed by atoms with Crippen molar-refractivity contribution in [2.75, 3.05) is 0 Å². The van der Waals surface area contributed by atoms with Gasteiger partial charge >= 0.3 is 0 Å². The first-order valence-electron chi connectivity index (χ1n) is 8.07. The lowest BCUT2D eigenvalue weighted by Gasteiger charge is -2.17. The molecule has 0 unspecified atom stereocenters. The highest BCUT2D eigenvalue weighted by atomic mass is 15.1. The van der Waals surface area contributed by atoms with Crippen molar-refractivity contribution in [1.82, 2.24) is 4.58 Å². The van der Waals surface area contributed by atoms with Crippen LogP contribution in [0.1, 0.15) is 25.0 Å². The summed E-state index contributed by atoms with van der Waals surface area (Å²) in [5.74, 6) is 0. The fourth-order valence-electron chi connectivity index (χ4n) is 3.66. The zero-order valence-electron chi connectivity index (χ0n) is 13.5. The molecule has 0 saturated carbocycles. The van der Waals surface area contributed by atoms with Crippen LogP contribution in [-0.2, 0) is 5.41 Å². The summed E-state index contributed by atoms with van der Waals surface area (Å²) in [6, 6.07) is 30.1. The minimum atomic E-state index is -0.0339. The van der Waals surface area contributed by atoms with Crippen LogP contribution >= 0.6 is 0 Å². The zero-order chi connectivity index (χ0) is 15.9. The van der Waals surface area contributed by atoms with Crippen molar-refractivity contribution in [2.24, 2.45) is 0 Å². The molecule has 0 saturated heterocycles. The molecule has 0 bridgehead atoms. The summed E-state index contributed by atoms with van der Waals surface area (Å²) < 4.78 is 2.41. The van der Waals surface area contributed by atoms with E-state index < -0.39 is 0 Å². The fraction of sp³-hybridized carbons (Fsp3) is 0.136. The number of nitrogens with zero attached hydrogens (tertiary/aromatic N) is 1. The molecule has 0 N–H and O–H groups in total. The third-order valence-corrected chi connectivity index (χ3v) is 4.70. The number of hydrogen-bond donors (Lipinski definition) is 0. The van der Waals surface area contributed by atoms with Crippen LogP contribution in [0.3, 0.4) is 0 Å². The Morgan fingerprint density at radius 1 is 0.652 bits per heavy atom. The van der Waals surface area contributed by atoms with Gasteiger partial charge in [-0.25, -0.2) is 0 Å². The molecule has 0 atom stereocenters. The molecule has 1 heterocycles. The maximum atomic E-state index is 2.41. The minimum Gasteiger partial charge on any atom is -0.156 e. The summed E-state index contributed by atoms with van der Waals surface area (Å²) >= 11 is 0. The summed E-state index contributed by atoms with van der Waals surface area (Å²) in [6.45, 7) is 4.63. The molecule has 1 heteroatoms. The molecule has 0 fully saturated rings. The van der Waals surface area contributed by atoms with Crippen LogP contribution in [0.15, 0.2) is 84.9 Å². The molecule has 112 valence electrons. The van der Waals surface area contributed by atoms with Crippen molar-refractivity contribution in [3.05, 3.63) is 96.1 Å². The molecule has 4 rings (SSSR count).